The Bertz CT molecular complexity index is 1250. The van der Waals surface area contributed by atoms with Crippen molar-refractivity contribution >= 4 is 46.1 Å². The minimum atomic E-state index is -4.79. The van der Waals surface area contributed by atoms with Crippen LogP contribution in [0.15, 0.2) is 34.9 Å². The van der Waals surface area contributed by atoms with Gasteiger partial charge in [0.2, 0.25) is 5.71 Å². The van der Waals surface area contributed by atoms with Crippen molar-refractivity contribution in [3.8, 4) is 0 Å². The summed E-state index contributed by atoms with van der Waals surface area (Å²) in [6.07, 6.45) is -3.78. The van der Waals surface area contributed by atoms with Gasteiger partial charge in [0.15, 0.2) is 5.82 Å². The van der Waals surface area contributed by atoms with Crippen molar-refractivity contribution in [2.75, 3.05) is 23.4 Å². The van der Waals surface area contributed by atoms with E-state index in [1.807, 2.05) is 0 Å². The first-order valence-electron chi connectivity index (χ1n) is 8.94. The molecule has 0 unspecified atom stereocenters. The number of furan rings is 1. The number of urea groups is 1. The number of hydrogen-bond acceptors (Lipinski definition) is 4. The van der Waals surface area contributed by atoms with Crippen molar-refractivity contribution in [1.29, 1.82) is 0 Å². The van der Waals surface area contributed by atoms with Crippen molar-refractivity contribution < 1.29 is 36.0 Å². The summed E-state index contributed by atoms with van der Waals surface area (Å²) >= 11 is 5.55. The highest BCUT2D eigenvalue weighted by atomic mass is 35.5. The van der Waals surface area contributed by atoms with E-state index >= 15 is 0 Å². The molecule has 3 amide bonds. The number of benzene rings is 1. The average molecular weight is 475 g/mol. The molecule has 4 rings (SSSR count). The van der Waals surface area contributed by atoms with Gasteiger partial charge in [0, 0.05) is 13.6 Å². The number of carbonyl (C=O) groups excluding carboxylic acids is 2. The van der Waals surface area contributed by atoms with Gasteiger partial charge in [-0.1, -0.05) is 11.6 Å². The Labute approximate surface area is 181 Å². The van der Waals surface area contributed by atoms with E-state index in [2.05, 4.69) is 10.3 Å². The number of amides is 3. The van der Waals surface area contributed by atoms with Crippen LogP contribution in [0.1, 0.15) is 5.56 Å². The van der Waals surface area contributed by atoms with Gasteiger partial charge in [0.05, 0.1) is 22.9 Å². The molecule has 1 saturated heterocycles. The van der Waals surface area contributed by atoms with Crippen molar-refractivity contribution in [1.82, 2.24) is 10.3 Å². The van der Waals surface area contributed by atoms with Crippen LogP contribution in [-0.4, -0.2) is 36.6 Å². The van der Waals surface area contributed by atoms with Crippen LogP contribution in [0.25, 0.3) is 11.1 Å². The summed E-state index contributed by atoms with van der Waals surface area (Å²) in [5.74, 6) is -3.61. The number of pyridine rings is 1. The first-order valence-corrected chi connectivity index (χ1v) is 9.32. The Balaban J connectivity index is 1.75. The maximum Gasteiger partial charge on any atom is 0.417 e. The van der Waals surface area contributed by atoms with Crippen molar-refractivity contribution in [3.05, 3.63) is 52.7 Å². The monoisotopic (exact) mass is 474 g/mol. The minimum absolute atomic E-state index is 0.294. The molecule has 0 radical (unpaired) electrons. The lowest BCUT2D eigenvalue weighted by molar-refractivity contribution is -0.136. The molecule has 1 aliphatic rings. The van der Waals surface area contributed by atoms with E-state index in [1.54, 1.807) is 0 Å². The molecule has 1 fully saturated rings. The molecule has 32 heavy (non-hydrogen) atoms. The molecule has 0 saturated carbocycles. The second-order valence-electron chi connectivity index (χ2n) is 6.83. The molecule has 0 spiro atoms. The van der Waals surface area contributed by atoms with E-state index in [9.17, 15) is 31.5 Å². The Morgan fingerprint density at radius 3 is 2.72 bits per heavy atom. The van der Waals surface area contributed by atoms with Crippen LogP contribution >= 0.6 is 11.6 Å². The molecule has 13 heteroatoms. The fourth-order valence-electron chi connectivity index (χ4n) is 3.37. The van der Waals surface area contributed by atoms with Gasteiger partial charge in [-0.15, -0.1) is 0 Å². The molecule has 1 atom stereocenters. The molecule has 0 aliphatic carbocycles. The Morgan fingerprint density at radius 2 is 2.03 bits per heavy atom. The molecule has 0 bridgehead atoms. The van der Waals surface area contributed by atoms with Crippen LogP contribution in [0.4, 0.5) is 38.3 Å². The SMILES string of the molecule is CN(C(=O)[C@@H]1CNC(=O)N1c1cc(C(F)(F)F)c2ccoc2n1)c1ccc(F)c(Cl)c1F. The quantitative estimate of drug-likeness (QED) is 0.452. The molecule has 2 aromatic heterocycles. The van der Waals surface area contributed by atoms with Gasteiger partial charge in [0.25, 0.3) is 5.91 Å². The molecule has 1 aromatic carbocycles. The van der Waals surface area contributed by atoms with E-state index in [0.29, 0.717) is 6.07 Å². The molecular weight excluding hydrogens is 463 g/mol. The Morgan fingerprint density at radius 1 is 1.31 bits per heavy atom. The van der Waals surface area contributed by atoms with Gasteiger partial charge in [-0.25, -0.2) is 13.6 Å². The zero-order valence-corrected chi connectivity index (χ0v) is 16.8. The van der Waals surface area contributed by atoms with Gasteiger partial charge >= 0.3 is 12.2 Å². The summed E-state index contributed by atoms with van der Waals surface area (Å²) in [5.41, 5.74) is -1.88. The lowest BCUT2D eigenvalue weighted by Crippen LogP contribution is -2.47. The summed E-state index contributed by atoms with van der Waals surface area (Å²) in [6.45, 7) is -0.294. The second-order valence-corrected chi connectivity index (χ2v) is 7.21. The standard InChI is InChI=1S/C19H12ClF5N4O3/c1-28(11-3-2-10(21)14(20)15(11)22)17(30)12-7-26-18(31)29(12)13-6-9(19(23,24)25)8-4-5-32-16(8)27-13/h2-6,12H,7H2,1H3,(H,26,31)/t12-/m0/s1. The van der Waals surface area contributed by atoms with E-state index in [1.165, 1.54) is 0 Å². The van der Waals surface area contributed by atoms with Crippen molar-refractivity contribution in [2.24, 2.45) is 0 Å². The average Bonchev–Trinajstić information content (AvgIpc) is 3.35. The zero-order valence-electron chi connectivity index (χ0n) is 16.0. The zero-order chi connectivity index (χ0) is 23.4. The number of anilines is 2. The van der Waals surface area contributed by atoms with Crippen LogP contribution in [0.3, 0.4) is 0 Å². The van der Waals surface area contributed by atoms with Gasteiger partial charge < -0.3 is 14.6 Å². The number of hydrogen-bond donors (Lipinski definition) is 1. The molecular formula is C19H12ClF5N4O3. The maximum absolute atomic E-state index is 14.4. The summed E-state index contributed by atoms with van der Waals surface area (Å²) in [6, 6.07) is 1.26. The first kappa shape index (κ1) is 21.8. The second kappa shape index (κ2) is 7.62. The number of nitrogens with one attached hydrogen (secondary N) is 1. The van der Waals surface area contributed by atoms with E-state index in [0.717, 1.165) is 41.3 Å². The molecule has 1 aliphatic heterocycles. The van der Waals surface area contributed by atoms with Crippen LogP contribution < -0.4 is 15.1 Å². The number of carbonyl (C=O) groups is 2. The van der Waals surface area contributed by atoms with Crippen LogP contribution in [-0.2, 0) is 11.0 Å². The minimum Gasteiger partial charge on any atom is -0.446 e. The van der Waals surface area contributed by atoms with Crippen LogP contribution in [0.2, 0.25) is 5.02 Å². The summed E-state index contributed by atoms with van der Waals surface area (Å²) in [7, 11) is 1.15. The predicted molar refractivity (Wildman–Crippen MR) is 103 cm³/mol. The highest BCUT2D eigenvalue weighted by Crippen LogP contribution is 2.38. The highest BCUT2D eigenvalue weighted by molar-refractivity contribution is 6.31. The number of nitrogens with zero attached hydrogens (tertiary/aromatic N) is 3. The molecule has 3 heterocycles. The normalized spacial score (nSPS) is 16.5. The summed E-state index contributed by atoms with van der Waals surface area (Å²) in [5, 5.41) is 1.20. The lowest BCUT2D eigenvalue weighted by atomic mass is 10.1. The number of halogens is 6. The van der Waals surface area contributed by atoms with Crippen molar-refractivity contribution in [3.63, 3.8) is 0 Å². The highest BCUT2D eigenvalue weighted by Gasteiger charge is 2.42. The number of aromatic nitrogens is 1. The molecule has 1 N–H and O–H groups in total. The number of alkyl halides is 3. The van der Waals surface area contributed by atoms with Gasteiger partial charge in [-0.2, -0.15) is 18.2 Å². The first-order chi connectivity index (χ1) is 15.0. The van der Waals surface area contributed by atoms with E-state index in [4.69, 9.17) is 16.0 Å². The maximum atomic E-state index is 14.4. The number of rotatable bonds is 3. The number of likely N-dealkylation sites (N-methyl/N-ethyl adjacent to an activating group) is 1. The van der Waals surface area contributed by atoms with Gasteiger partial charge in [-0.05, 0) is 24.3 Å². The topological polar surface area (TPSA) is 78.7 Å². The van der Waals surface area contributed by atoms with Crippen LogP contribution in [0.5, 0.6) is 0 Å². The van der Waals surface area contributed by atoms with Crippen LogP contribution in [0, 0.1) is 11.6 Å². The van der Waals surface area contributed by atoms with Crippen molar-refractivity contribution in [2.45, 2.75) is 12.2 Å². The summed E-state index contributed by atoms with van der Waals surface area (Å²) in [4.78, 5) is 30.9. The molecule has 168 valence electrons. The Kier molecular flexibility index (Phi) is 5.19. The third kappa shape index (κ3) is 3.49. The molecule has 3 aromatic rings. The summed E-state index contributed by atoms with van der Waals surface area (Å²) < 4.78 is 73.4. The smallest absolute Gasteiger partial charge is 0.417 e. The Hall–Kier alpha value is -3.41. The molecule has 7 nitrogen and oxygen atoms in total. The fourth-order valence-corrected chi connectivity index (χ4v) is 3.53. The largest absolute Gasteiger partial charge is 0.446 e. The lowest BCUT2D eigenvalue weighted by Gasteiger charge is -2.27. The van der Waals surface area contributed by atoms with E-state index in [-0.39, 0.29) is 23.3 Å². The predicted octanol–water partition coefficient (Wildman–Crippen LogP) is 4.34. The van der Waals surface area contributed by atoms with E-state index < -0.39 is 52.2 Å². The third-order valence-corrected chi connectivity index (χ3v) is 5.29. The van der Waals surface area contributed by atoms with Gasteiger partial charge in [0.1, 0.15) is 22.7 Å². The number of fused-ring (bicyclic) bond motifs is 1. The van der Waals surface area contributed by atoms with Gasteiger partial charge in [-0.3, -0.25) is 9.69 Å². The fraction of sp³-hybridized carbons (Fsp3) is 0.211. The third-order valence-electron chi connectivity index (χ3n) is 4.95.